The molecular formula is C28H30N6O2. The van der Waals surface area contributed by atoms with Crippen LogP contribution in [0.1, 0.15) is 29.9 Å². The zero-order valence-corrected chi connectivity index (χ0v) is 20.5. The van der Waals surface area contributed by atoms with Crippen LogP contribution in [0, 0.1) is 5.92 Å². The number of H-pyrrole nitrogens is 1. The van der Waals surface area contributed by atoms with Gasteiger partial charge in [0.2, 0.25) is 5.91 Å². The Labute approximate surface area is 210 Å². The Morgan fingerprint density at radius 2 is 1.94 bits per heavy atom. The maximum absolute atomic E-state index is 12.3. The molecule has 1 aromatic carbocycles. The quantitative estimate of drug-likeness (QED) is 0.433. The molecule has 184 valence electrons. The van der Waals surface area contributed by atoms with Crippen molar-refractivity contribution in [3.8, 4) is 16.9 Å². The molecule has 0 bridgehead atoms. The molecule has 3 aromatic heterocycles. The van der Waals surface area contributed by atoms with Gasteiger partial charge in [0.1, 0.15) is 11.6 Å². The summed E-state index contributed by atoms with van der Waals surface area (Å²) < 4.78 is 5.49. The fourth-order valence-electron chi connectivity index (χ4n) is 4.96. The molecule has 0 spiro atoms. The van der Waals surface area contributed by atoms with Gasteiger partial charge in [-0.25, -0.2) is 4.98 Å². The van der Waals surface area contributed by atoms with Gasteiger partial charge in [-0.1, -0.05) is 6.07 Å². The number of amides is 1. The molecule has 1 N–H and O–H groups in total. The fourth-order valence-corrected chi connectivity index (χ4v) is 4.96. The number of nitrogens with zero attached hydrogens (tertiary/aromatic N) is 5. The van der Waals surface area contributed by atoms with Crippen molar-refractivity contribution in [2.75, 3.05) is 33.3 Å². The molecule has 2 fully saturated rings. The number of fused-ring (bicyclic) bond motifs is 1. The van der Waals surface area contributed by atoms with Gasteiger partial charge in [0, 0.05) is 74.9 Å². The number of carbonyl (C=O) groups is 1. The minimum absolute atomic E-state index is 0.308. The number of aromatic amines is 1. The van der Waals surface area contributed by atoms with Crippen LogP contribution < -0.4 is 4.74 Å². The maximum Gasteiger partial charge on any atom is 0.225 e. The number of rotatable bonds is 7. The summed E-state index contributed by atoms with van der Waals surface area (Å²) in [5, 5.41) is 0. The Hall–Kier alpha value is -3.78. The topological polar surface area (TPSA) is 87.2 Å². The summed E-state index contributed by atoms with van der Waals surface area (Å²) >= 11 is 0. The molecular weight excluding hydrogens is 452 g/mol. The van der Waals surface area contributed by atoms with Crippen LogP contribution in [-0.4, -0.2) is 68.9 Å². The number of carbonyl (C=O) groups excluding carboxylic acids is 1. The van der Waals surface area contributed by atoms with Gasteiger partial charge in [-0.3, -0.25) is 19.7 Å². The molecule has 1 saturated heterocycles. The van der Waals surface area contributed by atoms with Gasteiger partial charge >= 0.3 is 0 Å². The van der Waals surface area contributed by atoms with Crippen LogP contribution in [0.4, 0.5) is 0 Å². The van der Waals surface area contributed by atoms with Gasteiger partial charge in [0.25, 0.3) is 0 Å². The largest absolute Gasteiger partial charge is 0.496 e. The molecule has 1 amide bonds. The number of benzene rings is 1. The van der Waals surface area contributed by atoms with E-state index in [4.69, 9.17) is 9.72 Å². The third kappa shape index (κ3) is 4.81. The van der Waals surface area contributed by atoms with Crippen LogP contribution in [0.5, 0.6) is 5.75 Å². The van der Waals surface area contributed by atoms with Gasteiger partial charge in [-0.15, -0.1) is 0 Å². The monoisotopic (exact) mass is 482 g/mol. The molecule has 4 aromatic rings. The first-order valence-electron chi connectivity index (χ1n) is 12.6. The summed E-state index contributed by atoms with van der Waals surface area (Å²) in [5.74, 6) is 2.35. The van der Waals surface area contributed by atoms with Crippen LogP contribution in [-0.2, 0) is 17.8 Å². The molecule has 0 atom stereocenters. The molecule has 1 saturated carbocycles. The smallest absolute Gasteiger partial charge is 0.225 e. The summed E-state index contributed by atoms with van der Waals surface area (Å²) in [6.45, 7) is 4.38. The number of aromatic nitrogens is 4. The van der Waals surface area contributed by atoms with Gasteiger partial charge in [0.15, 0.2) is 0 Å². The second kappa shape index (κ2) is 9.70. The second-order valence-electron chi connectivity index (χ2n) is 9.70. The molecule has 1 aliphatic heterocycles. The van der Waals surface area contributed by atoms with E-state index in [-0.39, 0.29) is 0 Å². The lowest BCUT2D eigenvalue weighted by Crippen LogP contribution is -2.48. The van der Waals surface area contributed by atoms with Crippen molar-refractivity contribution in [2.24, 2.45) is 5.92 Å². The number of piperazine rings is 1. The number of methoxy groups -OCH3 is 1. The third-order valence-corrected chi connectivity index (χ3v) is 7.09. The van der Waals surface area contributed by atoms with E-state index in [0.29, 0.717) is 18.2 Å². The lowest BCUT2D eigenvalue weighted by molar-refractivity contribution is -0.134. The van der Waals surface area contributed by atoms with E-state index in [9.17, 15) is 4.79 Å². The Bertz CT molecular complexity index is 1390. The van der Waals surface area contributed by atoms with Crippen molar-refractivity contribution < 1.29 is 9.53 Å². The summed E-state index contributed by atoms with van der Waals surface area (Å²) in [7, 11) is 1.67. The summed E-state index contributed by atoms with van der Waals surface area (Å²) in [4.78, 5) is 33.9. The summed E-state index contributed by atoms with van der Waals surface area (Å²) in [6, 6.07) is 12.3. The Morgan fingerprint density at radius 3 is 2.75 bits per heavy atom. The zero-order valence-electron chi connectivity index (χ0n) is 20.5. The van der Waals surface area contributed by atoms with Crippen LogP contribution in [0.2, 0.25) is 0 Å². The van der Waals surface area contributed by atoms with Gasteiger partial charge in [-0.2, -0.15) is 0 Å². The molecule has 0 unspecified atom stereocenters. The predicted molar refractivity (Wildman–Crippen MR) is 138 cm³/mol. The summed E-state index contributed by atoms with van der Waals surface area (Å²) in [5.41, 5.74) is 6.11. The highest BCUT2D eigenvalue weighted by Gasteiger charge is 2.34. The van der Waals surface area contributed by atoms with Gasteiger partial charge in [-0.05, 0) is 54.3 Å². The minimum Gasteiger partial charge on any atom is -0.496 e. The normalized spacial score (nSPS) is 16.4. The first-order chi connectivity index (χ1) is 17.7. The molecule has 8 nitrogen and oxygen atoms in total. The molecule has 2 aliphatic rings. The van der Waals surface area contributed by atoms with Crippen molar-refractivity contribution in [2.45, 2.75) is 25.8 Å². The number of nitrogens with one attached hydrogen (secondary N) is 1. The lowest BCUT2D eigenvalue weighted by Gasteiger charge is -2.35. The number of hydrogen-bond donors (Lipinski definition) is 1. The Balaban J connectivity index is 1.12. The standard InChI is InChI=1S/C28H30N6O2/c1-36-26-7-8-29-17-23(26)21-4-5-24-25(15-21)32-27(31-24)16-22-14-19(6-9-30-22)18-33-10-12-34(13-11-33)28(35)20-2-3-20/h4-9,14-15,17,20H,2-3,10-13,16,18H2,1H3,(H,31,32). The van der Waals surface area contributed by atoms with E-state index < -0.39 is 0 Å². The Kier molecular flexibility index (Phi) is 6.11. The van der Waals surface area contributed by atoms with Crippen LogP contribution >= 0.6 is 0 Å². The highest BCUT2D eigenvalue weighted by atomic mass is 16.5. The first-order valence-corrected chi connectivity index (χ1v) is 12.6. The van der Waals surface area contributed by atoms with Crippen molar-refractivity contribution in [1.82, 2.24) is 29.7 Å². The van der Waals surface area contributed by atoms with Crippen LogP contribution in [0.15, 0.2) is 55.0 Å². The van der Waals surface area contributed by atoms with Crippen molar-refractivity contribution in [3.05, 3.63) is 72.1 Å². The van der Waals surface area contributed by atoms with Crippen molar-refractivity contribution in [3.63, 3.8) is 0 Å². The molecule has 6 rings (SSSR count). The van der Waals surface area contributed by atoms with Crippen molar-refractivity contribution >= 4 is 16.9 Å². The second-order valence-corrected chi connectivity index (χ2v) is 9.70. The van der Waals surface area contributed by atoms with E-state index in [1.807, 2.05) is 35.5 Å². The minimum atomic E-state index is 0.308. The fraction of sp³-hybridized carbons (Fsp3) is 0.357. The zero-order chi connectivity index (χ0) is 24.5. The van der Waals surface area contributed by atoms with Crippen LogP contribution in [0.3, 0.4) is 0 Å². The van der Waals surface area contributed by atoms with Gasteiger partial charge in [0.05, 0.1) is 18.1 Å². The Morgan fingerprint density at radius 1 is 1.08 bits per heavy atom. The average Bonchev–Trinajstić information content (AvgIpc) is 3.68. The van der Waals surface area contributed by atoms with E-state index >= 15 is 0 Å². The maximum atomic E-state index is 12.3. The molecule has 0 radical (unpaired) electrons. The number of imidazole rings is 1. The summed E-state index contributed by atoms with van der Waals surface area (Å²) in [6.07, 6.45) is 8.21. The SMILES string of the molecule is COc1ccncc1-c1ccc2nc(Cc3cc(CN4CCN(C(=O)C5CC5)CC4)ccn3)[nH]c2c1. The highest BCUT2D eigenvalue weighted by molar-refractivity contribution is 5.83. The number of pyridine rings is 2. The third-order valence-electron chi connectivity index (χ3n) is 7.09. The lowest BCUT2D eigenvalue weighted by atomic mass is 10.1. The first kappa shape index (κ1) is 22.7. The van der Waals surface area contributed by atoms with E-state index in [1.54, 1.807) is 13.3 Å². The number of hydrogen-bond acceptors (Lipinski definition) is 6. The van der Waals surface area contributed by atoms with Gasteiger partial charge < -0.3 is 14.6 Å². The molecule has 4 heterocycles. The highest BCUT2D eigenvalue weighted by Crippen LogP contribution is 2.32. The molecule has 1 aliphatic carbocycles. The molecule has 36 heavy (non-hydrogen) atoms. The number of ether oxygens (including phenoxy) is 1. The van der Waals surface area contributed by atoms with E-state index in [2.05, 4.69) is 38.1 Å². The predicted octanol–water partition coefficient (Wildman–Crippen LogP) is 3.67. The van der Waals surface area contributed by atoms with Crippen LogP contribution in [0.25, 0.3) is 22.2 Å². The van der Waals surface area contributed by atoms with E-state index in [1.165, 1.54) is 5.56 Å². The molecule has 8 heteroatoms. The average molecular weight is 483 g/mol. The van der Waals surface area contributed by atoms with Crippen molar-refractivity contribution in [1.29, 1.82) is 0 Å². The van der Waals surface area contributed by atoms with E-state index in [0.717, 1.165) is 85.0 Å².